The van der Waals surface area contributed by atoms with Crippen LogP contribution in [0.4, 0.5) is 0 Å². The lowest BCUT2D eigenvalue weighted by atomic mass is 10.0. The maximum absolute atomic E-state index is 12.8. The van der Waals surface area contributed by atoms with Crippen molar-refractivity contribution >= 4 is 17.9 Å². The van der Waals surface area contributed by atoms with Gasteiger partial charge in [0.2, 0.25) is 0 Å². The standard InChI is InChI=1S/C59H106O6/c1-4-7-10-13-16-18-20-22-24-26-27-28-29-30-31-32-33-34-36-37-39-41-43-46-49-52-58(61)64-55-56(54-63-57(60)51-48-45-15-12-9-6-3)65-59(62)53-50-47-44-42-40-38-35-25-23-21-19-17-14-11-8-5-2/h19-22,25-27,35,56H,4-18,23-24,28-34,36-55H2,1-3H3/b21-19-,22-20-,27-26-,35-25-. The number of ether oxygens (including phenoxy) is 3. The monoisotopic (exact) mass is 911 g/mol. The Morgan fingerprint density at radius 3 is 0.862 bits per heavy atom. The lowest BCUT2D eigenvalue weighted by molar-refractivity contribution is -0.167. The van der Waals surface area contributed by atoms with Crippen molar-refractivity contribution < 1.29 is 28.6 Å². The Hall–Kier alpha value is -2.63. The molecule has 0 N–H and O–H groups in total. The second kappa shape index (κ2) is 54.0. The summed E-state index contributed by atoms with van der Waals surface area (Å²) in [4.78, 5) is 37.8. The third-order valence-electron chi connectivity index (χ3n) is 12.3. The Bertz CT molecular complexity index is 1140. The number of hydrogen-bond donors (Lipinski definition) is 0. The molecule has 0 saturated carbocycles. The summed E-state index contributed by atoms with van der Waals surface area (Å²) in [6.07, 6.45) is 65.6. The zero-order valence-electron chi connectivity index (χ0n) is 43.3. The van der Waals surface area contributed by atoms with Gasteiger partial charge in [0, 0.05) is 19.3 Å². The predicted octanol–water partition coefficient (Wildman–Crippen LogP) is 18.7. The van der Waals surface area contributed by atoms with Crippen LogP contribution in [0.3, 0.4) is 0 Å². The molecule has 0 fully saturated rings. The highest BCUT2D eigenvalue weighted by molar-refractivity contribution is 5.71. The van der Waals surface area contributed by atoms with Crippen LogP contribution in [0.1, 0.15) is 290 Å². The fourth-order valence-corrected chi connectivity index (χ4v) is 8.03. The molecule has 0 aromatic carbocycles. The molecule has 0 aliphatic heterocycles. The van der Waals surface area contributed by atoms with E-state index in [2.05, 4.69) is 69.4 Å². The number of carbonyl (C=O) groups is 3. The van der Waals surface area contributed by atoms with Crippen LogP contribution in [0, 0.1) is 0 Å². The molecule has 0 rings (SSSR count). The van der Waals surface area contributed by atoms with Crippen LogP contribution in [-0.2, 0) is 28.6 Å². The van der Waals surface area contributed by atoms with Crippen LogP contribution in [0.2, 0.25) is 0 Å². The summed E-state index contributed by atoms with van der Waals surface area (Å²) in [5.41, 5.74) is 0. The molecule has 0 spiro atoms. The molecule has 0 aliphatic carbocycles. The minimum Gasteiger partial charge on any atom is -0.462 e. The maximum Gasteiger partial charge on any atom is 0.306 e. The molecule has 0 heterocycles. The number of allylic oxidation sites excluding steroid dienone is 8. The van der Waals surface area contributed by atoms with E-state index in [1.54, 1.807) is 0 Å². The largest absolute Gasteiger partial charge is 0.462 e. The van der Waals surface area contributed by atoms with Crippen molar-refractivity contribution in [1.82, 2.24) is 0 Å². The molecule has 0 aromatic rings. The van der Waals surface area contributed by atoms with Crippen LogP contribution in [0.5, 0.6) is 0 Å². The third-order valence-corrected chi connectivity index (χ3v) is 12.3. The second-order valence-corrected chi connectivity index (χ2v) is 18.8. The first-order chi connectivity index (χ1) is 32.0. The Balaban J connectivity index is 4.11. The Morgan fingerprint density at radius 2 is 0.554 bits per heavy atom. The quantitative estimate of drug-likeness (QED) is 0.0262. The van der Waals surface area contributed by atoms with E-state index < -0.39 is 6.10 Å². The minimum atomic E-state index is -0.776. The van der Waals surface area contributed by atoms with Gasteiger partial charge < -0.3 is 14.2 Å². The van der Waals surface area contributed by atoms with Crippen LogP contribution in [-0.4, -0.2) is 37.2 Å². The molecular formula is C59H106O6. The smallest absolute Gasteiger partial charge is 0.306 e. The fraction of sp³-hybridized carbons (Fsp3) is 0.814. The molecule has 378 valence electrons. The van der Waals surface area contributed by atoms with E-state index in [4.69, 9.17) is 14.2 Å². The van der Waals surface area contributed by atoms with Crippen LogP contribution < -0.4 is 0 Å². The van der Waals surface area contributed by atoms with Gasteiger partial charge in [0.15, 0.2) is 6.10 Å². The molecule has 65 heavy (non-hydrogen) atoms. The molecular weight excluding hydrogens is 805 g/mol. The van der Waals surface area contributed by atoms with Crippen LogP contribution in [0.25, 0.3) is 0 Å². The lowest BCUT2D eigenvalue weighted by Gasteiger charge is -2.18. The highest BCUT2D eigenvalue weighted by Crippen LogP contribution is 2.16. The summed E-state index contributed by atoms with van der Waals surface area (Å²) in [5.74, 6) is -0.892. The van der Waals surface area contributed by atoms with Crippen molar-refractivity contribution in [3.05, 3.63) is 48.6 Å². The third kappa shape index (κ3) is 52.2. The number of carbonyl (C=O) groups excluding carboxylic acids is 3. The van der Waals surface area contributed by atoms with E-state index >= 15 is 0 Å². The zero-order valence-corrected chi connectivity index (χ0v) is 43.3. The summed E-state index contributed by atoms with van der Waals surface area (Å²) >= 11 is 0. The lowest BCUT2D eigenvalue weighted by Crippen LogP contribution is -2.30. The van der Waals surface area contributed by atoms with E-state index in [0.717, 1.165) is 89.9 Å². The molecule has 0 aromatic heterocycles. The summed E-state index contributed by atoms with van der Waals surface area (Å²) in [6, 6.07) is 0. The zero-order chi connectivity index (χ0) is 47.2. The number of rotatable bonds is 51. The van der Waals surface area contributed by atoms with E-state index in [1.807, 2.05) is 0 Å². The van der Waals surface area contributed by atoms with Gasteiger partial charge in [-0.2, -0.15) is 0 Å². The van der Waals surface area contributed by atoms with Crippen molar-refractivity contribution in [2.75, 3.05) is 13.2 Å². The average molecular weight is 911 g/mol. The van der Waals surface area contributed by atoms with Gasteiger partial charge in [-0.05, 0) is 83.5 Å². The van der Waals surface area contributed by atoms with E-state index in [9.17, 15) is 14.4 Å². The molecule has 0 bridgehead atoms. The number of esters is 3. The van der Waals surface area contributed by atoms with Crippen molar-refractivity contribution in [1.29, 1.82) is 0 Å². The van der Waals surface area contributed by atoms with Gasteiger partial charge in [0.25, 0.3) is 0 Å². The van der Waals surface area contributed by atoms with Gasteiger partial charge in [-0.1, -0.05) is 236 Å². The van der Waals surface area contributed by atoms with Gasteiger partial charge in [-0.3, -0.25) is 14.4 Å². The van der Waals surface area contributed by atoms with Crippen molar-refractivity contribution in [2.45, 2.75) is 297 Å². The SMILES string of the molecule is CCCCCC/C=C\C/C=C\CCCCCCCC(=O)OC(COC(=O)CCCCCCCC)COC(=O)CCCCCCCCCCCCCCC/C=C\C/C=C\CCCCCCC. The van der Waals surface area contributed by atoms with Gasteiger partial charge in [0.05, 0.1) is 0 Å². The van der Waals surface area contributed by atoms with Crippen LogP contribution in [0.15, 0.2) is 48.6 Å². The molecule has 1 unspecified atom stereocenters. The number of hydrogen-bond acceptors (Lipinski definition) is 6. The maximum atomic E-state index is 12.8. The van der Waals surface area contributed by atoms with Crippen molar-refractivity contribution in [3.63, 3.8) is 0 Å². The van der Waals surface area contributed by atoms with Crippen molar-refractivity contribution in [2.24, 2.45) is 0 Å². The molecule has 0 radical (unpaired) electrons. The van der Waals surface area contributed by atoms with Crippen LogP contribution >= 0.6 is 0 Å². The van der Waals surface area contributed by atoms with E-state index in [0.29, 0.717) is 19.3 Å². The highest BCUT2D eigenvalue weighted by Gasteiger charge is 2.19. The summed E-state index contributed by atoms with van der Waals surface area (Å²) in [7, 11) is 0. The van der Waals surface area contributed by atoms with Gasteiger partial charge in [0.1, 0.15) is 13.2 Å². The summed E-state index contributed by atoms with van der Waals surface area (Å²) in [5, 5.41) is 0. The molecule has 0 amide bonds. The first-order valence-corrected chi connectivity index (χ1v) is 28.1. The van der Waals surface area contributed by atoms with E-state index in [1.165, 1.54) is 161 Å². The number of unbranched alkanes of at least 4 members (excludes halogenated alkanes) is 32. The second-order valence-electron chi connectivity index (χ2n) is 18.8. The Kier molecular flexibility index (Phi) is 51.8. The fourth-order valence-electron chi connectivity index (χ4n) is 8.03. The van der Waals surface area contributed by atoms with Gasteiger partial charge in [-0.15, -0.1) is 0 Å². The first kappa shape index (κ1) is 62.4. The Morgan fingerprint density at radius 1 is 0.308 bits per heavy atom. The molecule has 6 heteroatoms. The molecule has 1 atom stereocenters. The van der Waals surface area contributed by atoms with Crippen molar-refractivity contribution in [3.8, 4) is 0 Å². The summed E-state index contributed by atoms with van der Waals surface area (Å²) < 4.78 is 16.7. The molecule has 0 aliphatic rings. The van der Waals surface area contributed by atoms with E-state index in [-0.39, 0.29) is 31.1 Å². The van der Waals surface area contributed by atoms with Gasteiger partial charge in [-0.25, -0.2) is 0 Å². The molecule has 6 nitrogen and oxygen atoms in total. The minimum absolute atomic E-state index is 0.0775. The predicted molar refractivity (Wildman–Crippen MR) is 279 cm³/mol. The highest BCUT2D eigenvalue weighted by atomic mass is 16.6. The Labute approximate surface area is 403 Å². The molecule has 0 saturated heterocycles. The van der Waals surface area contributed by atoms with Gasteiger partial charge >= 0.3 is 17.9 Å². The average Bonchev–Trinajstić information content (AvgIpc) is 3.30. The first-order valence-electron chi connectivity index (χ1n) is 28.1. The topological polar surface area (TPSA) is 78.9 Å². The normalized spacial score (nSPS) is 12.4. The summed E-state index contributed by atoms with van der Waals surface area (Å²) in [6.45, 7) is 6.56.